The molecule has 3 amide bonds. The fourth-order valence-electron chi connectivity index (χ4n) is 2.75. The zero-order valence-electron chi connectivity index (χ0n) is 15.6. The zero-order valence-corrected chi connectivity index (χ0v) is 15.6. The van der Waals surface area contributed by atoms with Gasteiger partial charge in [-0.3, -0.25) is 4.79 Å². The van der Waals surface area contributed by atoms with Gasteiger partial charge in [-0.25, -0.2) is 4.79 Å². The monoisotopic (exact) mass is 369 g/mol. The summed E-state index contributed by atoms with van der Waals surface area (Å²) in [6, 6.07) is 14.4. The van der Waals surface area contributed by atoms with Crippen LogP contribution in [0.2, 0.25) is 0 Å². The van der Waals surface area contributed by atoms with E-state index in [1.807, 2.05) is 30.3 Å². The molecule has 1 N–H and O–H groups in total. The van der Waals surface area contributed by atoms with Gasteiger partial charge in [-0.05, 0) is 30.3 Å². The maximum Gasteiger partial charge on any atom is 0.322 e. The van der Waals surface area contributed by atoms with Crippen LogP contribution in [0, 0.1) is 0 Å². The van der Waals surface area contributed by atoms with Crippen molar-refractivity contribution in [2.24, 2.45) is 0 Å². The van der Waals surface area contributed by atoms with Crippen molar-refractivity contribution in [3.63, 3.8) is 0 Å². The Labute approximate surface area is 158 Å². The molecule has 3 rings (SSSR count). The number of rotatable bonds is 5. The smallest absolute Gasteiger partial charge is 0.322 e. The number of anilines is 2. The van der Waals surface area contributed by atoms with Crippen molar-refractivity contribution in [1.82, 2.24) is 4.90 Å². The summed E-state index contributed by atoms with van der Waals surface area (Å²) in [7, 11) is 3.29. The molecule has 1 heterocycles. The molecule has 1 saturated heterocycles. The van der Waals surface area contributed by atoms with Gasteiger partial charge in [-0.2, -0.15) is 0 Å². The summed E-state index contributed by atoms with van der Waals surface area (Å²) < 4.78 is 11.2. The van der Waals surface area contributed by atoms with Gasteiger partial charge in [0.15, 0.2) is 11.5 Å². The lowest BCUT2D eigenvalue weighted by Crippen LogP contribution is -2.57. The molecule has 1 fully saturated rings. The molecule has 0 radical (unpaired) electrons. The zero-order chi connectivity index (χ0) is 19.4. The van der Waals surface area contributed by atoms with Crippen LogP contribution in [-0.4, -0.2) is 50.2 Å². The van der Waals surface area contributed by atoms with E-state index in [1.165, 1.54) is 11.8 Å². The summed E-state index contributed by atoms with van der Waals surface area (Å²) in [5.41, 5.74) is 1.36. The van der Waals surface area contributed by atoms with Gasteiger partial charge in [0.1, 0.15) is 6.10 Å². The van der Waals surface area contributed by atoms with E-state index in [9.17, 15) is 9.59 Å². The van der Waals surface area contributed by atoms with Crippen LogP contribution >= 0.6 is 0 Å². The van der Waals surface area contributed by atoms with E-state index in [0.29, 0.717) is 30.3 Å². The van der Waals surface area contributed by atoms with Gasteiger partial charge in [0.05, 0.1) is 20.2 Å². The van der Waals surface area contributed by atoms with Gasteiger partial charge < -0.3 is 24.6 Å². The number of nitrogens with zero attached hydrogens (tertiary/aromatic N) is 2. The highest BCUT2D eigenvalue weighted by molar-refractivity contribution is 5.94. The Bertz CT molecular complexity index is 833. The minimum Gasteiger partial charge on any atom is -0.493 e. The van der Waals surface area contributed by atoms with Crippen molar-refractivity contribution in [2.75, 3.05) is 37.5 Å². The molecule has 0 aromatic heterocycles. The SMILES string of the molecule is COc1ccccc1OC1CN(C(=O)Nc2cccc(N(C)C(C)=O)c2)C1. The van der Waals surface area contributed by atoms with E-state index < -0.39 is 0 Å². The molecule has 0 spiro atoms. The van der Waals surface area contributed by atoms with Crippen LogP contribution in [0.1, 0.15) is 6.92 Å². The van der Waals surface area contributed by atoms with Crippen LogP contribution in [0.25, 0.3) is 0 Å². The third kappa shape index (κ3) is 4.31. The number of para-hydroxylation sites is 2. The third-order valence-corrected chi connectivity index (χ3v) is 4.46. The maximum absolute atomic E-state index is 12.4. The predicted octanol–water partition coefficient (Wildman–Crippen LogP) is 2.97. The number of benzene rings is 2. The summed E-state index contributed by atoms with van der Waals surface area (Å²) in [4.78, 5) is 27.1. The van der Waals surface area contributed by atoms with Crippen LogP contribution in [0.4, 0.5) is 16.2 Å². The van der Waals surface area contributed by atoms with Gasteiger partial charge >= 0.3 is 6.03 Å². The maximum atomic E-state index is 12.4. The first-order valence-corrected chi connectivity index (χ1v) is 8.68. The second-order valence-corrected chi connectivity index (χ2v) is 6.35. The fourth-order valence-corrected chi connectivity index (χ4v) is 2.75. The summed E-state index contributed by atoms with van der Waals surface area (Å²) in [6.45, 7) is 2.49. The molecule has 2 aromatic carbocycles. The average Bonchev–Trinajstić information content (AvgIpc) is 2.63. The molecule has 2 aromatic rings. The lowest BCUT2D eigenvalue weighted by atomic mass is 10.2. The van der Waals surface area contributed by atoms with E-state index >= 15 is 0 Å². The highest BCUT2D eigenvalue weighted by atomic mass is 16.5. The number of hydrogen-bond acceptors (Lipinski definition) is 4. The minimum atomic E-state index is -0.197. The Kier molecular flexibility index (Phi) is 5.49. The normalized spacial score (nSPS) is 13.5. The molecule has 0 atom stereocenters. The number of carbonyl (C=O) groups is 2. The number of nitrogens with one attached hydrogen (secondary N) is 1. The van der Waals surface area contributed by atoms with Crippen molar-refractivity contribution in [3.05, 3.63) is 48.5 Å². The van der Waals surface area contributed by atoms with Gasteiger partial charge in [0.25, 0.3) is 0 Å². The molecule has 27 heavy (non-hydrogen) atoms. The van der Waals surface area contributed by atoms with Crippen LogP contribution in [0.3, 0.4) is 0 Å². The van der Waals surface area contributed by atoms with Crippen LogP contribution in [-0.2, 0) is 4.79 Å². The topological polar surface area (TPSA) is 71.1 Å². The summed E-state index contributed by atoms with van der Waals surface area (Å²) in [6.07, 6.45) is -0.0674. The summed E-state index contributed by atoms with van der Waals surface area (Å²) >= 11 is 0. The van der Waals surface area contributed by atoms with Crippen molar-refractivity contribution in [1.29, 1.82) is 0 Å². The Morgan fingerprint density at radius 3 is 2.48 bits per heavy atom. The second kappa shape index (κ2) is 7.99. The first kappa shape index (κ1) is 18.6. The van der Waals surface area contributed by atoms with Crippen LogP contribution in [0.15, 0.2) is 48.5 Å². The number of ether oxygens (including phenoxy) is 2. The quantitative estimate of drug-likeness (QED) is 0.880. The number of amides is 3. The number of carbonyl (C=O) groups excluding carboxylic acids is 2. The van der Waals surface area contributed by atoms with Crippen molar-refractivity contribution < 1.29 is 19.1 Å². The van der Waals surface area contributed by atoms with Crippen molar-refractivity contribution in [2.45, 2.75) is 13.0 Å². The minimum absolute atomic E-state index is 0.0674. The van der Waals surface area contributed by atoms with Crippen LogP contribution < -0.4 is 19.7 Å². The van der Waals surface area contributed by atoms with Crippen LogP contribution in [0.5, 0.6) is 11.5 Å². The molecule has 1 aliphatic heterocycles. The van der Waals surface area contributed by atoms with E-state index in [0.717, 1.165) is 5.69 Å². The van der Waals surface area contributed by atoms with E-state index in [4.69, 9.17) is 9.47 Å². The first-order valence-electron chi connectivity index (χ1n) is 8.68. The predicted molar refractivity (Wildman–Crippen MR) is 104 cm³/mol. The summed E-state index contributed by atoms with van der Waals surface area (Å²) in [5.74, 6) is 1.27. The Morgan fingerprint density at radius 1 is 1.11 bits per heavy atom. The second-order valence-electron chi connectivity index (χ2n) is 6.35. The molecule has 0 aliphatic carbocycles. The van der Waals surface area contributed by atoms with Gasteiger partial charge in [0.2, 0.25) is 5.91 Å². The van der Waals surface area contributed by atoms with Crippen molar-refractivity contribution >= 4 is 23.3 Å². The molecule has 7 nitrogen and oxygen atoms in total. The third-order valence-electron chi connectivity index (χ3n) is 4.46. The standard InChI is InChI=1S/C20H23N3O4/c1-14(24)22(2)16-8-6-7-15(11-16)21-20(25)23-12-17(13-23)27-19-10-5-4-9-18(19)26-3/h4-11,17H,12-13H2,1-3H3,(H,21,25). The Morgan fingerprint density at radius 2 is 1.81 bits per heavy atom. The number of likely N-dealkylation sites (tertiary alicyclic amines) is 1. The number of methoxy groups -OCH3 is 1. The fraction of sp³-hybridized carbons (Fsp3) is 0.300. The molecular formula is C20H23N3O4. The summed E-state index contributed by atoms with van der Waals surface area (Å²) in [5, 5.41) is 2.85. The van der Waals surface area contributed by atoms with E-state index in [1.54, 1.807) is 37.3 Å². The van der Waals surface area contributed by atoms with Gasteiger partial charge in [-0.1, -0.05) is 18.2 Å². The number of hydrogen-bond donors (Lipinski definition) is 1. The number of urea groups is 1. The molecule has 7 heteroatoms. The average molecular weight is 369 g/mol. The Hall–Kier alpha value is -3.22. The lowest BCUT2D eigenvalue weighted by molar-refractivity contribution is -0.116. The van der Waals surface area contributed by atoms with Crippen molar-refractivity contribution in [3.8, 4) is 11.5 Å². The van der Waals surface area contributed by atoms with Gasteiger partial charge in [0, 0.05) is 25.3 Å². The Balaban J connectivity index is 1.54. The van der Waals surface area contributed by atoms with E-state index in [2.05, 4.69) is 5.32 Å². The molecule has 1 aliphatic rings. The molecule has 0 unspecified atom stereocenters. The lowest BCUT2D eigenvalue weighted by Gasteiger charge is -2.39. The molecule has 142 valence electrons. The highest BCUT2D eigenvalue weighted by Gasteiger charge is 2.33. The molecular weight excluding hydrogens is 346 g/mol. The molecule has 0 saturated carbocycles. The largest absolute Gasteiger partial charge is 0.493 e. The molecule has 0 bridgehead atoms. The first-order chi connectivity index (χ1) is 13.0. The van der Waals surface area contributed by atoms with Gasteiger partial charge in [-0.15, -0.1) is 0 Å². The highest BCUT2D eigenvalue weighted by Crippen LogP contribution is 2.29. The van der Waals surface area contributed by atoms with E-state index in [-0.39, 0.29) is 18.0 Å².